The third-order valence-electron chi connectivity index (χ3n) is 2.73. The largest absolute Gasteiger partial charge is 0.379 e. The van der Waals surface area contributed by atoms with E-state index in [1.807, 2.05) is 0 Å². The van der Waals surface area contributed by atoms with Gasteiger partial charge in [-0.25, -0.2) is 0 Å². The molecule has 1 saturated carbocycles. The number of ether oxygens (including phenoxy) is 1. The van der Waals surface area contributed by atoms with E-state index in [2.05, 4.69) is 18.7 Å². The van der Waals surface area contributed by atoms with Crippen molar-refractivity contribution in [2.45, 2.75) is 37.9 Å². The van der Waals surface area contributed by atoms with Crippen molar-refractivity contribution in [1.29, 1.82) is 0 Å². The second-order valence-electron chi connectivity index (χ2n) is 4.17. The number of nitrogens with two attached hydrogens (primary N) is 1. The van der Waals surface area contributed by atoms with Crippen LogP contribution in [0.1, 0.15) is 32.6 Å². The van der Waals surface area contributed by atoms with E-state index in [1.54, 1.807) is 0 Å². The number of hydrogen-bond donors (Lipinski definition) is 1. The molecule has 1 aliphatic rings. The van der Waals surface area contributed by atoms with Crippen molar-refractivity contribution in [2.75, 3.05) is 25.5 Å². The molecule has 84 valence electrons. The van der Waals surface area contributed by atoms with Crippen LogP contribution < -0.4 is 5.73 Å². The van der Waals surface area contributed by atoms with Gasteiger partial charge in [-0.1, -0.05) is 19.8 Å². The van der Waals surface area contributed by atoms with Crippen LogP contribution in [0.3, 0.4) is 0 Å². The Morgan fingerprint density at radius 3 is 2.93 bits per heavy atom. The molecule has 1 fully saturated rings. The zero-order chi connectivity index (χ0) is 10.2. The summed E-state index contributed by atoms with van der Waals surface area (Å²) in [5.74, 6) is 2.07. The summed E-state index contributed by atoms with van der Waals surface area (Å²) in [4.78, 5) is 0. The summed E-state index contributed by atoms with van der Waals surface area (Å²) in [5, 5.41) is 0.889. The molecule has 0 aromatic heterocycles. The van der Waals surface area contributed by atoms with Crippen molar-refractivity contribution in [3.8, 4) is 0 Å². The topological polar surface area (TPSA) is 35.2 Å². The minimum Gasteiger partial charge on any atom is -0.379 e. The van der Waals surface area contributed by atoms with Gasteiger partial charge in [0.2, 0.25) is 0 Å². The zero-order valence-electron chi connectivity index (χ0n) is 9.21. The molecule has 2 nitrogen and oxygen atoms in total. The van der Waals surface area contributed by atoms with Crippen molar-refractivity contribution in [1.82, 2.24) is 0 Å². The predicted octanol–water partition coefficient (Wildman–Crippen LogP) is 2.27. The molecule has 3 heteroatoms. The second kappa shape index (κ2) is 7.55. The Labute approximate surface area is 92.0 Å². The molecule has 2 N–H and O–H groups in total. The lowest BCUT2D eigenvalue weighted by Crippen LogP contribution is -2.17. The molecule has 1 rings (SSSR count). The Kier molecular flexibility index (Phi) is 6.65. The number of rotatable bonds is 6. The molecule has 0 bridgehead atoms. The fourth-order valence-electron chi connectivity index (χ4n) is 1.99. The Bertz CT molecular complexity index is 143. The molecule has 0 radical (unpaired) electrons. The third kappa shape index (κ3) is 5.23. The van der Waals surface area contributed by atoms with E-state index in [0.29, 0.717) is 13.2 Å². The highest BCUT2D eigenvalue weighted by atomic mass is 32.2. The summed E-state index contributed by atoms with van der Waals surface area (Å²) in [6, 6.07) is 0. The van der Waals surface area contributed by atoms with Gasteiger partial charge >= 0.3 is 0 Å². The summed E-state index contributed by atoms with van der Waals surface area (Å²) in [7, 11) is 0. The first-order valence-corrected chi connectivity index (χ1v) is 6.77. The van der Waals surface area contributed by atoms with E-state index >= 15 is 0 Å². The van der Waals surface area contributed by atoms with Crippen LogP contribution in [-0.2, 0) is 4.74 Å². The van der Waals surface area contributed by atoms with E-state index in [4.69, 9.17) is 10.5 Å². The number of thioether (sulfide) groups is 1. The first kappa shape index (κ1) is 12.3. The van der Waals surface area contributed by atoms with Crippen LogP contribution in [0.2, 0.25) is 0 Å². The molecule has 2 atom stereocenters. The van der Waals surface area contributed by atoms with Gasteiger partial charge in [-0.3, -0.25) is 0 Å². The molecule has 0 aromatic carbocycles. The van der Waals surface area contributed by atoms with Gasteiger partial charge in [0.15, 0.2) is 0 Å². The molecular weight excluding hydrogens is 194 g/mol. The van der Waals surface area contributed by atoms with Gasteiger partial charge in [0, 0.05) is 17.5 Å². The molecule has 0 heterocycles. The number of hydrogen-bond acceptors (Lipinski definition) is 3. The molecule has 0 aromatic rings. The lowest BCUT2D eigenvalue weighted by Gasteiger charge is -2.26. The van der Waals surface area contributed by atoms with Gasteiger partial charge in [0.05, 0.1) is 13.2 Å². The zero-order valence-corrected chi connectivity index (χ0v) is 10.0. The highest BCUT2D eigenvalue weighted by Crippen LogP contribution is 2.31. The molecule has 0 spiro atoms. The minimum absolute atomic E-state index is 0.644. The average molecular weight is 217 g/mol. The van der Waals surface area contributed by atoms with E-state index in [-0.39, 0.29) is 0 Å². The van der Waals surface area contributed by atoms with Crippen molar-refractivity contribution in [3.63, 3.8) is 0 Å². The Morgan fingerprint density at radius 1 is 1.36 bits per heavy atom. The maximum absolute atomic E-state index is 5.35. The standard InChI is InChI=1S/C11H23NOS/c1-10-3-2-4-11(9-10)14-8-7-13-6-5-12/h10-11H,2-9,12H2,1H3. The quantitative estimate of drug-likeness (QED) is 0.693. The summed E-state index contributed by atoms with van der Waals surface area (Å²) in [6.07, 6.45) is 5.66. The van der Waals surface area contributed by atoms with Crippen molar-refractivity contribution < 1.29 is 4.74 Å². The Morgan fingerprint density at radius 2 is 2.21 bits per heavy atom. The van der Waals surface area contributed by atoms with Gasteiger partial charge < -0.3 is 10.5 Å². The molecule has 0 amide bonds. The highest BCUT2D eigenvalue weighted by molar-refractivity contribution is 7.99. The van der Waals surface area contributed by atoms with Crippen molar-refractivity contribution in [3.05, 3.63) is 0 Å². The average Bonchev–Trinajstić information content (AvgIpc) is 2.18. The second-order valence-corrected chi connectivity index (χ2v) is 5.57. The summed E-state index contributed by atoms with van der Waals surface area (Å²) >= 11 is 2.09. The summed E-state index contributed by atoms with van der Waals surface area (Å²) in [5.41, 5.74) is 5.34. The highest BCUT2D eigenvalue weighted by Gasteiger charge is 2.18. The minimum atomic E-state index is 0.644. The molecule has 0 saturated heterocycles. The van der Waals surface area contributed by atoms with Gasteiger partial charge in [0.1, 0.15) is 0 Å². The molecular formula is C11H23NOS. The predicted molar refractivity (Wildman–Crippen MR) is 63.8 cm³/mol. The molecule has 0 aliphatic heterocycles. The molecule has 14 heavy (non-hydrogen) atoms. The molecule has 2 unspecified atom stereocenters. The van der Waals surface area contributed by atoms with Crippen molar-refractivity contribution >= 4 is 11.8 Å². The monoisotopic (exact) mass is 217 g/mol. The maximum Gasteiger partial charge on any atom is 0.0589 e. The normalized spacial score (nSPS) is 27.9. The Balaban J connectivity index is 1.95. The van der Waals surface area contributed by atoms with Crippen molar-refractivity contribution in [2.24, 2.45) is 11.7 Å². The first-order valence-electron chi connectivity index (χ1n) is 5.72. The lowest BCUT2D eigenvalue weighted by molar-refractivity contribution is 0.158. The van der Waals surface area contributed by atoms with Crippen LogP contribution in [-0.4, -0.2) is 30.8 Å². The first-order chi connectivity index (χ1) is 6.83. The van der Waals surface area contributed by atoms with Gasteiger partial charge in [-0.2, -0.15) is 11.8 Å². The Hall–Kier alpha value is 0.270. The van der Waals surface area contributed by atoms with E-state index < -0.39 is 0 Å². The van der Waals surface area contributed by atoms with E-state index in [9.17, 15) is 0 Å². The molecule has 1 aliphatic carbocycles. The van der Waals surface area contributed by atoms with Crippen LogP contribution in [0.15, 0.2) is 0 Å². The van der Waals surface area contributed by atoms with Crippen LogP contribution >= 0.6 is 11.8 Å². The van der Waals surface area contributed by atoms with Gasteiger partial charge in [-0.15, -0.1) is 0 Å². The smallest absolute Gasteiger partial charge is 0.0589 e. The van der Waals surface area contributed by atoms with Crippen LogP contribution in [0.5, 0.6) is 0 Å². The SMILES string of the molecule is CC1CCCC(SCCOCCN)C1. The third-order valence-corrected chi connectivity index (χ3v) is 4.03. The van der Waals surface area contributed by atoms with Crippen LogP contribution in [0, 0.1) is 5.92 Å². The van der Waals surface area contributed by atoms with Gasteiger partial charge in [-0.05, 0) is 18.8 Å². The van der Waals surface area contributed by atoms with Gasteiger partial charge in [0.25, 0.3) is 0 Å². The fraction of sp³-hybridized carbons (Fsp3) is 1.00. The van der Waals surface area contributed by atoms with E-state index in [1.165, 1.54) is 25.7 Å². The van der Waals surface area contributed by atoms with Crippen LogP contribution in [0.25, 0.3) is 0 Å². The summed E-state index contributed by atoms with van der Waals surface area (Å²) < 4.78 is 5.35. The fourth-order valence-corrected chi connectivity index (χ4v) is 3.33. The van der Waals surface area contributed by atoms with E-state index in [0.717, 1.165) is 23.5 Å². The summed E-state index contributed by atoms with van der Waals surface area (Å²) in [6.45, 7) is 4.59. The lowest BCUT2D eigenvalue weighted by atomic mass is 9.91. The van der Waals surface area contributed by atoms with Crippen LogP contribution in [0.4, 0.5) is 0 Å². The maximum atomic E-state index is 5.35.